The van der Waals surface area contributed by atoms with E-state index in [1.165, 1.54) is 6.20 Å². The number of ether oxygens (including phenoxy) is 1. The summed E-state index contributed by atoms with van der Waals surface area (Å²) in [5.74, 6) is 0.777. The second kappa shape index (κ2) is 5.91. The van der Waals surface area contributed by atoms with E-state index in [2.05, 4.69) is 4.98 Å². The number of rotatable bonds is 4. The standard InChI is InChI=1S/C16H18N2O3/c1-10-5-6-11(2)15(7-10)21-9-14-13(4)16(18(19)20)12(3)8-17-14/h5-8H,9H2,1-4H3. The van der Waals surface area contributed by atoms with Crippen molar-refractivity contribution in [1.29, 1.82) is 0 Å². The molecule has 0 aliphatic heterocycles. The van der Waals surface area contributed by atoms with Crippen molar-refractivity contribution in [1.82, 2.24) is 4.98 Å². The van der Waals surface area contributed by atoms with Crippen LogP contribution < -0.4 is 4.74 Å². The molecule has 1 aromatic heterocycles. The molecular weight excluding hydrogens is 268 g/mol. The third-order valence-electron chi connectivity index (χ3n) is 3.47. The highest BCUT2D eigenvalue weighted by Crippen LogP contribution is 2.26. The first-order valence-corrected chi connectivity index (χ1v) is 6.69. The largest absolute Gasteiger partial charge is 0.487 e. The van der Waals surface area contributed by atoms with Gasteiger partial charge in [-0.15, -0.1) is 0 Å². The van der Waals surface area contributed by atoms with Crippen LogP contribution in [0.4, 0.5) is 5.69 Å². The summed E-state index contributed by atoms with van der Waals surface area (Å²) in [6.07, 6.45) is 1.52. The van der Waals surface area contributed by atoms with E-state index in [1.54, 1.807) is 13.8 Å². The van der Waals surface area contributed by atoms with E-state index in [1.807, 2.05) is 32.0 Å². The molecule has 5 nitrogen and oxygen atoms in total. The second-order valence-corrected chi connectivity index (χ2v) is 5.18. The van der Waals surface area contributed by atoms with E-state index in [4.69, 9.17) is 4.74 Å². The van der Waals surface area contributed by atoms with E-state index < -0.39 is 0 Å². The first kappa shape index (κ1) is 15.0. The molecule has 0 atom stereocenters. The van der Waals surface area contributed by atoms with E-state index in [9.17, 15) is 10.1 Å². The Labute approximate surface area is 123 Å². The number of aryl methyl sites for hydroxylation is 3. The van der Waals surface area contributed by atoms with Crippen LogP contribution in [0.2, 0.25) is 0 Å². The summed E-state index contributed by atoms with van der Waals surface area (Å²) in [7, 11) is 0. The first-order chi connectivity index (χ1) is 9.90. The summed E-state index contributed by atoms with van der Waals surface area (Å²) in [4.78, 5) is 15.0. The molecule has 0 saturated heterocycles. The Morgan fingerprint density at radius 3 is 2.57 bits per heavy atom. The summed E-state index contributed by atoms with van der Waals surface area (Å²) < 4.78 is 5.77. The van der Waals surface area contributed by atoms with Gasteiger partial charge in [0.05, 0.1) is 16.2 Å². The Morgan fingerprint density at radius 1 is 1.19 bits per heavy atom. The molecule has 1 aromatic carbocycles. The van der Waals surface area contributed by atoms with Gasteiger partial charge in [-0.2, -0.15) is 0 Å². The van der Waals surface area contributed by atoms with Gasteiger partial charge in [-0.25, -0.2) is 0 Å². The fraction of sp³-hybridized carbons (Fsp3) is 0.312. The Kier molecular flexibility index (Phi) is 4.21. The highest BCUT2D eigenvalue weighted by molar-refractivity contribution is 5.47. The highest BCUT2D eigenvalue weighted by Gasteiger charge is 2.19. The molecule has 0 amide bonds. The first-order valence-electron chi connectivity index (χ1n) is 6.69. The molecule has 0 bridgehead atoms. The number of benzene rings is 1. The van der Waals surface area contributed by atoms with Crippen molar-refractivity contribution < 1.29 is 9.66 Å². The van der Waals surface area contributed by atoms with Crippen LogP contribution in [-0.4, -0.2) is 9.91 Å². The van der Waals surface area contributed by atoms with E-state index in [-0.39, 0.29) is 17.2 Å². The van der Waals surface area contributed by atoms with Crippen molar-refractivity contribution in [3.05, 3.63) is 62.5 Å². The van der Waals surface area contributed by atoms with Gasteiger partial charge in [-0.3, -0.25) is 15.1 Å². The Balaban J connectivity index is 2.27. The number of nitrogens with zero attached hydrogens (tertiary/aromatic N) is 2. The molecule has 2 aromatic rings. The topological polar surface area (TPSA) is 65.3 Å². The van der Waals surface area contributed by atoms with Crippen molar-refractivity contribution >= 4 is 5.69 Å². The van der Waals surface area contributed by atoms with E-state index >= 15 is 0 Å². The summed E-state index contributed by atoms with van der Waals surface area (Å²) in [6.45, 7) is 7.57. The molecule has 110 valence electrons. The molecule has 0 spiro atoms. The molecule has 1 heterocycles. The average Bonchev–Trinajstić information content (AvgIpc) is 2.41. The molecule has 2 rings (SSSR count). The van der Waals surface area contributed by atoms with Crippen molar-refractivity contribution in [2.75, 3.05) is 0 Å². The SMILES string of the molecule is Cc1ccc(C)c(OCc2ncc(C)c([N+](=O)[O-])c2C)c1. The van der Waals surface area contributed by atoms with Gasteiger partial charge in [0, 0.05) is 11.8 Å². The summed E-state index contributed by atoms with van der Waals surface area (Å²) in [5.41, 5.74) is 3.96. The van der Waals surface area contributed by atoms with Crippen molar-refractivity contribution in [3.8, 4) is 5.75 Å². The van der Waals surface area contributed by atoms with Crippen molar-refractivity contribution in [2.24, 2.45) is 0 Å². The maximum atomic E-state index is 11.1. The Bertz CT molecular complexity index is 696. The third kappa shape index (κ3) is 3.18. The van der Waals surface area contributed by atoms with Crippen LogP contribution >= 0.6 is 0 Å². The molecule has 0 N–H and O–H groups in total. The van der Waals surface area contributed by atoms with E-state index in [0.717, 1.165) is 16.9 Å². The Morgan fingerprint density at radius 2 is 1.90 bits per heavy atom. The van der Waals surface area contributed by atoms with Crippen LogP contribution in [0, 0.1) is 37.8 Å². The number of aromatic nitrogens is 1. The predicted molar refractivity (Wildman–Crippen MR) is 80.6 cm³/mol. The highest BCUT2D eigenvalue weighted by atomic mass is 16.6. The number of hydrogen-bond donors (Lipinski definition) is 0. The molecule has 21 heavy (non-hydrogen) atoms. The number of nitro groups is 1. The van der Waals surface area contributed by atoms with Crippen LogP contribution in [0.5, 0.6) is 5.75 Å². The lowest BCUT2D eigenvalue weighted by atomic mass is 10.1. The molecule has 0 unspecified atom stereocenters. The van der Waals surface area contributed by atoms with Gasteiger partial charge in [-0.05, 0) is 44.9 Å². The molecule has 0 fully saturated rings. The zero-order valence-corrected chi connectivity index (χ0v) is 12.6. The van der Waals surface area contributed by atoms with Crippen LogP contribution in [0.3, 0.4) is 0 Å². The van der Waals surface area contributed by atoms with Crippen LogP contribution in [0.15, 0.2) is 24.4 Å². The normalized spacial score (nSPS) is 10.5. The van der Waals surface area contributed by atoms with Gasteiger partial charge in [0.25, 0.3) is 5.69 Å². The van der Waals surface area contributed by atoms with Gasteiger partial charge in [0.2, 0.25) is 0 Å². The predicted octanol–water partition coefficient (Wildman–Crippen LogP) is 3.80. The second-order valence-electron chi connectivity index (χ2n) is 5.18. The lowest BCUT2D eigenvalue weighted by molar-refractivity contribution is -0.386. The summed E-state index contributed by atoms with van der Waals surface area (Å²) >= 11 is 0. The maximum absolute atomic E-state index is 11.1. The van der Waals surface area contributed by atoms with Crippen LogP contribution in [0.1, 0.15) is 27.9 Å². The molecular formula is C16H18N2O3. The zero-order valence-electron chi connectivity index (χ0n) is 12.6. The molecule has 0 saturated carbocycles. The minimum atomic E-state index is -0.367. The minimum Gasteiger partial charge on any atom is -0.487 e. The van der Waals surface area contributed by atoms with Crippen LogP contribution in [0.25, 0.3) is 0 Å². The van der Waals surface area contributed by atoms with Gasteiger partial charge in [-0.1, -0.05) is 12.1 Å². The summed E-state index contributed by atoms with van der Waals surface area (Å²) in [6, 6.07) is 5.96. The lowest BCUT2D eigenvalue weighted by Crippen LogP contribution is -2.06. The summed E-state index contributed by atoms with van der Waals surface area (Å²) in [5, 5.41) is 11.1. The average molecular weight is 286 g/mol. The lowest BCUT2D eigenvalue weighted by Gasteiger charge is -2.11. The minimum absolute atomic E-state index is 0.115. The smallest absolute Gasteiger partial charge is 0.278 e. The van der Waals surface area contributed by atoms with Crippen LogP contribution in [-0.2, 0) is 6.61 Å². The quantitative estimate of drug-likeness (QED) is 0.633. The van der Waals surface area contributed by atoms with Gasteiger partial charge in [0.15, 0.2) is 0 Å². The number of pyridine rings is 1. The molecule has 0 aliphatic carbocycles. The van der Waals surface area contributed by atoms with Gasteiger partial charge >= 0.3 is 0 Å². The van der Waals surface area contributed by atoms with E-state index in [0.29, 0.717) is 16.8 Å². The van der Waals surface area contributed by atoms with Gasteiger partial charge < -0.3 is 4.74 Å². The molecule has 0 aliphatic rings. The fourth-order valence-electron chi connectivity index (χ4n) is 2.20. The maximum Gasteiger partial charge on any atom is 0.278 e. The fourth-order valence-corrected chi connectivity index (χ4v) is 2.20. The number of hydrogen-bond acceptors (Lipinski definition) is 4. The zero-order chi connectivity index (χ0) is 15.6. The van der Waals surface area contributed by atoms with Crippen molar-refractivity contribution in [3.63, 3.8) is 0 Å². The molecule has 5 heteroatoms. The van der Waals surface area contributed by atoms with Crippen molar-refractivity contribution in [2.45, 2.75) is 34.3 Å². The third-order valence-corrected chi connectivity index (χ3v) is 3.47. The Hall–Kier alpha value is -2.43. The monoisotopic (exact) mass is 286 g/mol. The molecule has 0 radical (unpaired) electrons. The van der Waals surface area contributed by atoms with Gasteiger partial charge in [0.1, 0.15) is 12.4 Å².